The Balaban J connectivity index is 1.16. The zero-order chi connectivity index (χ0) is 29.8. The van der Waals surface area contributed by atoms with Crippen molar-refractivity contribution in [3.8, 4) is 11.3 Å². The topological polar surface area (TPSA) is 84.3 Å². The van der Waals surface area contributed by atoms with E-state index in [4.69, 9.17) is 0 Å². The zero-order valence-electron chi connectivity index (χ0n) is 23.4. The molecule has 1 N–H and O–H groups in total. The number of fused-ring (bicyclic) bond motifs is 1. The van der Waals surface area contributed by atoms with Gasteiger partial charge in [0, 0.05) is 62.7 Å². The molecular formula is C34H31FN4O3S. The van der Waals surface area contributed by atoms with E-state index in [1.807, 2.05) is 35.2 Å². The first-order valence-electron chi connectivity index (χ1n) is 14.1. The molecule has 0 aliphatic carbocycles. The summed E-state index contributed by atoms with van der Waals surface area (Å²) in [5.74, 6) is -0.363. The van der Waals surface area contributed by atoms with Crippen LogP contribution in [-0.2, 0) is 27.9 Å². The van der Waals surface area contributed by atoms with E-state index < -0.39 is 15.8 Å². The molecule has 1 aliphatic rings. The van der Waals surface area contributed by atoms with Crippen molar-refractivity contribution in [2.75, 3.05) is 13.1 Å². The van der Waals surface area contributed by atoms with Gasteiger partial charge in [-0.15, -0.1) is 0 Å². The Morgan fingerprint density at radius 3 is 2.51 bits per heavy atom. The summed E-state index contributed by atoms with van der Waals surface area (Å²) in [7, 11) is -4.03. The number of carbonyl (C=O) groups is 1. The van der Waals surface area contributed by atoms with E-state index in [2.05, 4.69) is 34.6 Å². The summed E-state index contributed by atoms with van der Waals surface area (Å²) in [5, 5.41) is 3.27. The number of amides is 1. The van der Waals surface area contributed by atoms with E-state index in [9.17, 15) is 17.6 Å². The smallest absolute Gasteiger partial charge is 0.269 e. The monoisotopic (exact) mass is 594 g/mol. The number of rotatable bonds is 9. The van der Waals surface area contributed by atoms with Gasteiger partial charge in [-0.3, -0.25) is 9.78 Å². The molecule has 1 unspecified atom stereocenters. The molecule has 1 amide bonds. The largest absolute Gasteiger partial charge is 0.337 e. The summed E-state index contributed by atoms with van der Waals surface area (Å²) in [6.07, 6.45) is 4.54. The molecule has 1 atom stereocenters. The maximum atomic E-state index is 14.8. The minimum absolute atomic E-state index is 0.00482. The van der Waals surface area contributed by atoms with Crippen LogP contribution in [0.1, 0.15) is 34.6 Å². The van der Waals surface area contributed by atoms with Crippen molar-refractivity contribution in [1.82, 2.24) is 19.2 Å². The molecule has 0 saturated carbocycles. The van der Waals surface area contributed by atoms with Crippen molar-refractivity contribution in [2.24, 2.45) is 0 Å². The first kappa shape index (κ1) is 28.5. The van der Waals surface area contributed by atoms with E-state index in [-0.39, 0.29) is 28.0 Å². The molecule has 0 saturated heterocycles. The Labute approximate surface area is 250 Å². The van der Waals surface area contributed by atoms with Gasteiger partial charge < -0.3 is 10.2 Å². The van der Waals surface area contributed by atoms with Crippen LogP contribution in [0, 0.1) is 5.82 Å². The molecule has 43 heavy (non-hydrogen) atoms. The van der Waals surface area contributed by atoms with Gasteiger partial charge in [0.1, 0.15) is 10.7 Å². The molecule has 6 rings (SSSR count). The maximum absolute atomic E-state index is 14.8. The molecule has 0 radical (unpaired) electrons. The van der Waals surface area contributed by atoms with E-state index in [1.165, 1.54) is 41.9 Å². The van der Waals surface area contributed by atoms with Crippen molar-refractivity contribution < 1.29 is 17.6 Å². The minimum atomic E-state index is -4.03. The third-order valence-corrected chi connectivity index (χ3v) is 9.43. The minimum Gasteiger partial charge on any atom is -0.337 e. The Morgan fingerprint density at radius 1 is 0.953 bits per heavy atom. The van der Waals surface area contributed by atoms with E-state index in [1.54, 1.807) is 30.3 Å². The molecule has 9 heteroatoms. The third-order valence-electron chi connectivity index (χ3n) is 7.78. The van der Waals surface area contributed by atoms with Gasteiger partial charge in [-0.2, -0.15) is 0 Å². The van der Waals surface area contributed by atoms with Crippen LogP contribution in [0.25, 0.3) is 11.3 Å². The number of hydrogen-bond donors (Lipinski definition) is 1. The fraction of sp³-hybridized carbons (Fsp3) is 0.176. The Hall–Kier alpha value is -4.60. The highest BCUT2D eigenvalue weighted by molar-refractivity contribution is 7.90. The lowest BCUT2D eigenvalue weighted by atomic mass is 9.84. The number of nitrogens with zero attached hydrogens (tertiary/aromatic N) is 3. The first-order chi connectivity index (χ1) is 20.9. The Morgan fingerprint density at radius 2 is 1.72 bits per heavy atom. The lowest BCUT2D eigenvalue weighted by molar-refractivity contribution is -0.132. The van der Waals surface area contributed by atoms with Gasteiger partial charge in [0.2, 0.25) is 5.91 Å². The van der Waals surface area contributed by atoms with Gasteiger partial charge in [-0.1, -0.05) is 66.7 Å². The van der Waals surface area contributed by atoms with Gasteiger partial charge in [0.25, 0.3) is 10.0 Å². The van der Waals surface area contributed by atoms with Gasteiger partial charge in [-0.05, 0) is 52.6 Å². The fourth-order valence-electron chi connectivity index (χ4n) is 5.62. The molecule has 5 aromatic rings. The summed E-state index contributed by atoms with van der Waals surface area (Å²) in [4.78, 5) is 19.2. The van der Waals surface area contributed by atoms with Gasteiger partial charge in [0.15, 0.2) is 0 Å². The highest BCUT2D eigenvalue weighted by Crippen LogP contribution is 2.34. The number of hydrogen-bond acceptors (Lipinski definition) is 5. The first-order valence-corrected chi connectivity index (χ1v) is 15.6. The molecule has 0 spiro atoms. The molecule has 3 heterocycles. The van der Waals surface area contributed by atoms with Gasteiger partial charge >= 0.3 is 0 Å². The fourth-order valence-corrected chi connectivity index (χ4v) is 6.98. The van der Waals surface area contributed by atoms with Gasteiger partial charge in [0.05, 0.1) is 5.69 Å². The Kier molecular flexibility index (Phi) is 8.18. The quantitative estimate of drug-likeness (QED) is 0.225. The molecule has 3 aromatic carbocycles. The highest BCUT2D eigenvalue weighted by atomic mass is 32.2. The summed E-state index contributed by atoms with van der Waals surface area (Å²) in [6, 6.07) is 29.3. The summed E-state index contributed by atoms with van der Waals surface area (Å²) >= 11 is 0. The summed E-state index contributed by atoms with van der Waals surface area (Å²) < 4.78 is 42.9. The highest BCUT2D eigenvalue weighted by Gasteiger charge is 2.29. The van der Waals surface area contributed by atoms with Crippen LogP contribution in [0.2, 0.25) is 0 Å². The second kappa shape index (κ2) is 12.3. The lowest BCUT2D eigenvalue weighted by Crippen LogP contribution is -2.39. The van der Waals surface area contributed by atoms with Crippen molar-refractivity contribution >= 4 is 15.9 Å². The predicted molar refractivity (Wildman–Crippen MR) is 163 cm³/mol. The van der Waals surface area contributed by atoms with Crippen molar-refractivity contribution in [3.05, 3.63) is 144 Å². The Bertz CT molecular complexity index is 1840. The van der Waals surface area contributed by atoms with Gasteiger partial charge in [-0.25, -0.2) is 16.8 Å². The normalized spacial score (nSPS) is 14.8. The van der Waals surface area contributed by atoms with Crippen molar-refractivity contribution in [2.45, 2.75) is 30.3 Å². The zero-order valence-corrected chi connectivity index (χ0v) is 24.3. The van der Waals surface area contributed by atoms with Crippen LogP contribution < -0.4 is 5.32 Å². The van der Waals surface area contributed by atoms with E-state index in [0.29, 0.717) is 38.2 Å². The molecule has 0 fully saturated rings. The summed E-state index contributed by atoms with van der Waals surface area (Å²) in [6.45, 7) is 1.89. The lowest BCUT2D eigenvalue weighted by Gasteiger charge is -2.35. The van der Waals surface area contributed by atoms with E-state index in [0.717, 1.165) is 9.54 Å². The van der Waals surface area contributed by atoms with Crippen molar-refractivity contribution in [1.29, 1.82) is 0 Å². The van der Waals surface area contributed by atoms with Crippen LogP contribution in [0.5, 0.6) is 0 Å². The maximum Gasteiger partial charge on any atom is 0.269 e. The SMILES string of the molecule is O=C(CCNCc1cc(-c2ccccc2F)n(S(=O)(=O)c2cccnc2)c1)N1Cc2ccccc2C(c2ccccc2)C1. The number of halogens is 1. The third kappa shape index (κ3) is 6.00. The molecule has 2 aromatic heterocycles. The molecule has 0 bridgehead atoms. The standard InChI is InChI=1S/C34H31FN4O3S/c35-32-15-7-6-14-30(32)33-19-25(22-39(33)43(41,42)28-12-8-17-36-21-28)20-37-18-16-34(40)38-23-27-11-4-5-13-29(27)31(24-38)26-9-2-1-3-10-26/h1-15,17,19,21-22,31,37H,16,18,20,23-24H2. The van der Waals surface area contributed by atoms with Crippen LogP contribution in [0.15, 0.2) is 121 Å². The number of aromatic nitrogens is 2. The summed E-state index contributed by atoms with van der Waals surface area (Å²) in [5.41, 5.74) is 4.63. The van der Waals surface area contributed by atoms with Crippen LogP contribution in [0.4, 0.5) is 4.39 Å². The second-order valence-corrected chi connectivity index (χ2v) is 12.4. The second-order valence-electron chi connectivity index (χ2n) is 10.6. The van der Waals surface area contributed by atoms with Crippen LogP contribution >= 0.6 is 0 Å². The molecular weight excluding hydrogens is 563 g/mol. The molecule has 218 valence electrons. The predicted octanol–water partition coefficient (Wildman–Crippen LogP) is 5.58. The van der Waals surface area contributed by atoms with Crippen LogP contribution in [-0.4, -0.2) is 41.3 Å². The molecule has 7 nitrogen and oxygen atoms in total. The van der Waals surface area contributed by atoms with Crippen LogP contribution in [0.3, 0.4) is 0 Å². The average Bonchev–Trinajstić information content (AvgIpc) is 3.48. The number of benzene rings is 3. The van der Waals surface area contributed by atoms with Crippen molar-refractivity contribution in [3.63, 3.8) is 0 Å². The molecule has 1 aliphatic heterocycles. The number of nitrogens with one attached hydrogen (secondary N) is 1. The number of carbonyl (C=O) groups excluding carboxylic acids is 1. The average molecular weight is 595 g/mol. The number of pyridine rings is 1. The van der Waals surface area contributed by atoms with E-state index >= 15 is 0 Å².